The molecular weight excluding hydrogens is 240 g/mol. The van der Waals surface area contributed by atoms with Crippen molar-refractivity contribution in [3.63, 3.8) is 0 Å². The summed E-state index contributed by atoms with van der Waals surface area (Å²) in [5.41, 5.74) is 2.19. The van der Waals surface area contributed by atoms with Crippen molar-refractivity contribution in [3.8, 4) is 0 Å². The zero-order chi connectivity index (χ0) is 13.8. The summed E-state index contributed by atoms with van der Waals surface area (Å²) in [5, 5.41) is 19.3. The smallest absolute Gasteiger partial charge is 0.310 e. The molecule has 0 aliphatic carbocycles. The average Bonchev–Trinajstić information content (AvgIpc) is 2.46. The van der Waals surface area contributed by atoms with Crippen molar-refractivity contribution in [3.05, 3.63) is 71.3 Å². The molecule has 19 heavy (non-hydrogen) atoms. The molecule has 0 spiro atoms. The molecule has 0 amide bonds. The maximum atomic E-state index is 11.0. The molecule has 0 saturated heterocycles. The molecule has 2 N–H and O–H groups in total. The Hall–Kier alpha value is -2.13. The number of aliphatic carboxylic acids is 1. The molecular formula is C16H16O3. The largest absolute Gasteiger partial charge is 0.481 e. The van der Waals surface area contributed by atoms with Gasteiger partial charge in [-0.2, -0.15) is 0 Å². The van der Waals surface area contributed by atoms with E-state index < -0.39 is 18.0 Å². The Morgan fingerprint density at radius 3 is 2.16 bits per heavy atom. The second kappa shape index (κ2) is 5.67. The summed E-state index contributed by atoms with van der Waals surface area (Å²) in [5.74, 6) is -1.45. The van der Waals surface area contributed by atoms with Crippen molar-refractivity contribution in [2.45, 2.75) is 18.9 Å². The SMILES string of the molecule is CC(C(=O)O)c1cccc([C@@H](O)c2ccccc2)c1. The maximum absolute atomic E-state index is 11.0. The van der Waals surface area contributed by atoms with Crippen LogP contribution in [0, 0.1) is 0 Å². The Kier molecular flexibility index (Phi) is 3.97. The molecule has 3 heteroatoms. The predicted molar refractivity (Wildman–Crippen MR) is 73.0 cm³/mol. The zero-order valence-electron chi connectivity index (χ0n) is 10.7. The van der Waals surface area contributed by atoms with Gasteiger partial charge in [0.15, 0.2) is 0 Å². The molecule has 1 unspecified atom stereocenters. The summed E-state index contributed by atoms with van der Waals surface area (Å²) >= 11 is 0. The van der Waals surface area contributed by atoms with Crippen LogP contribution in [0.2, 0.25) is 0 Å². The van der Waals surface area contributed by atoms with Crippen LogP contribution < -0.4 is 0 Å². The first-order chi connectivity index (χ1) is 9.09. The minimum atomic E-state index is -0.869. The lowest BCUT2D eigenvalue weighted by atomic mass is 9.95. The van der Waals surface area contributed by atoms with Gasteiger partial charge in [0.05, 0.1) is 5.92 Å². The van der Waals surface area contributed by atoms with E-state index in [0.29, 0.717) is 11.1 Å². The molecule has 0 fully saturated rings. The van der Waals surface area contributed by atoms with Crippen molar-refractivity contribution in [2.75, 3.05) is 0 Å². The van der Waals surface area contributed by atoms with Gasteiger partial charge in [-0.05, 0) is 23.6 Å². The fourth-order valence-corrected chi connectivity index (χ4v) is 1.97. The second-order valence-corrected chi connectivity index (χ2v) is 4.54. The molecule has 0 aliphatic heterocycles. The fourth-order valence-electron chi connectivity index (χ4n) is 1.97. The van der Waals surface area contributed by atoms with E-state index in [1.54, 1.807) is 31.2 Å². The number of hydrogen-bond donors (Lipinski definition) is 2. The first-order valence-electron chi connectivity index (χ1n) is 6.15. The molecule has 0 aliphatic rings. The third-order valence-corrected chi connectivity index (χ3v) is 3.21. The van der Waals surface area contributed by atoms with Gasteiger partial charge in [0.1, 0.15) is 6.10 Å². The van der Waals surface area contributed by atoms with Crippen molar-refractivity contribution >= 4 is 5.97 Å². The topological polar surface area (TPSA) is 57.5 Å². The van der Waals surface area contributed by atoms with E-state index in [9.17, 15) is 9.90 Å². The van der Waals surface area contributed by atoms with E-state index in [2.05, 4.69) is 0 Å². The third-order valence-electron chi connectivity index (χ3n) is 3.21. The molecule has 3 nitrogen and oxygen atoms in total. The monoisotopic (exact) mass is 256 g/mol. The van der Waals surface area contributed by atoms with E-state index in [0.717, 1.165) is 5.56 Å². The maximum Gasteiger partial charge on any atom is 0.310 e. The molecule has 0 radical (unpaired) electrons. The molecule has 98 valence electrons. The standard InChI is InChI=1S/C16H16O3/c1-11(16(18)19)13-8-5-9-14(10-13)15(17)12-6-3-2-4-7-12/h2-11,15,17H,1H3,(H,18,19)/t11?,15-/m0/s1. The molecule has 2 rings (SSSR count). The predicted octanol–water partition coefficient (Wildman–Crippen LogP) is 2.96. The summed E-state index contributed by atoms with van der Waals surface area (Å²) < 4.78 is 0. The van der Waals surface area contributed by atoms with Crippen LogP contribution in [-0.2, 0) is 4.79 Å². The van der Waals surface area contributed by atoms with Gasteiger partial charge in [-0.1, -0.05) is 54.6 Å². The van der Waals surface area contributed by atoms with E-state index >= 15 is 0 Å². The number of aliphatic hydroxyl groups excluding tert-OH is 1. The molecule has 2 aromatic carbocycles. The quantitative estimate of drug-likeness (QED) is 0.884. The number of carboxylic acid groups (broad SMARTS) is 1. The van der Waals surface area contributed by atoms with Gasteiger partial charge >= 0.3 is 5.97 Å². The highest BCUT2D eigenvalue weighted by Crippen LogP contribution is 2.25. The summed E-state index contributed by atoms with van der Waals surface area (Å²) in [7, 11) is 0. The van der Waals surface area contributed by atoms with Crippen LogP contribution in [0.1, 0.15) is 35.6 Å². The molecule has 0 aromatic heterocycles. The Bertz CT molecular complexity index is 563. The van der Waals surface area contributed by atoms with Crippen LogP contribution in [0.15, 0.2) is 54.6 Å². The average molecular weight is 256 g/mol. The van der Waals surface area contributed by atoms with Gasteiger partial charge in [0, 0.05) is 0 Å². The fraction of sp³-hybridized carbons (Fsp3) is 0.188. The zero-order valence-corrected chi connectivity index (χ0v) is 10.7. The van der Waals surface area contributed by atoms with Crippen LogP contribution in [0.5, 0.6) is 0 Å². The van der Waals surface area contributed by atoms with Gasteiger partial charge in [-0.15, -0.1) is 0 Å². The second-order valence-electron chi connectivity index (χ2n) is 4.54. The lowest BCUT2D eigenvalue weighted by molar-refractivity contribution is -0.138. The van der Waals surface area contributed by atoms with Gasteiger partial charge < -0.3 is 10.2 Å². The summed E-state index contributed by atoms with van der Waals surface area (Å²) in [6.45, 7) is 1.64. The van der Waals surface area contributed by atoms with Gasteiger partial charge in [0.25, 0.3) is 0 Å². The molecule has 2 atom stereocenters. The highest BCUT2D eigenvalue weighted by molar-refractivity contribution is 5.75. The minimum Gasteiger partial charge on any atom is -0.481 e. The molecule has 0 saturated carbocycles. The Labute approximate surface area is 112 Å². The molecule has 2 aromatic rings. The van der Waals surface area contributed by atoms with E-state index in [1.165, 1.54) is 0 Å². The Morgan fingerprint density at radius 1 is 0.947 bits per heavy atom. The van der Waals surface area contributed by atoms with E-state index in [1.807, 2.05) is 30.3 Å². The summed E-state index contributed by atoms with van der Waals surface area (Å²) in [4.78, 5) is 11.0. The number of hydrogen-bond acceptors (Lipinski definition) is 2. The van der Waals surface area contributed by atoms with Crippen molar-refractivity contribution in [1.82, 2.24) is 0 Å². The highest BCUT2D eigenvalue weighted by atomic mass is 16.4. The number of benzene rings is 2. The minimum absolute atomic E-state index is 0.581. The normalized spacial score (nSPS) is 13.8. The first kappa shape index (κ1) is 13.3. The Balaban J connectivity index is 2.31. The van der Waals surface area contributed by atoms with Crippen molar-refractivity contribution in [2.24, 2.45) is 0 Å². The number of rotatable bonds is 4. The van der Waals surface area contributed by atoms with Gasteiger partial charge in [-0.25, -0.2) is 0 Å². The van der Waals surface area contributed by atoms with Crippen LogP contribution in [0.4, 0.5) is 0 Å². The lowest BCUT2D eigenvalue weighted by Crippen LogP contribution is -2.08. The van der Waals surface area contributed by atoms with Crippen LogP contribution >= 0.6 is 0 Å². The summed E-state index contributed by atoms with van der Waals surface area (Å²) in [6.07, 6.45) is -0.734. The van der Waals surface area contributed by atoms with Crippen molar-refractivity contribution < 1.29 is 15.0 Å². The number of carbonyl (C=O) groups is 1. The highest BCUT2D eigenvalue weighted by Gasteiger charge is 2.16. The first-order valence-corrected chi connectivity index (χ1v) is 6.15. The van der Waals surface area contributed by atoms with Gasteiger partial charge in [-0.3, -0.25) is 4.79 Å². The molecule has 0 bridgehead atoms. The van der Waals surface area contributed by atoms with Crippen LogP contribution in [0.3, 0.4) is 0 Å². The summed E-state index contributed by atoms with van der Waals surface area (Å²) in [6, 6.07) is 16.4. The van der Waals surface area contributed by atoms with Crippen LogP contribution in [-0.4, -0.2) is 16.2 Å². The lowest BCUT2D eigenvalue weighted by Gasteiger charge is -2.14. The van der Waals surface area contributed by atoms with Crippen LogP contribution in [0.25, 0.3) is 0 Å². The third kappa shape index (κ3) is 3.01. The van der Waals surface area contributed by atoms with Gasteiger partial charge in [0.2, 0.25) is 0 Å². The number of carboxylic acids is 1. The van der Waals surface area contributed by atoms with E-state index in [4.69, 9.17) is 5.11 Å². The molecule has 0 heterocycles. The number of aliphatic hydroxyl groups is 1. The van der Waals surface area contributed by atoms with E-state index in [-0.39, 0.29) is 0 Å². The Morgan fingerprint density at radius 2 is 1.53 bits per heavy atom. The van der Waals surface area contributed by atoms with Crippen molar-refractivity contribution in [1.29, 1.82) is 0 Å².